The number of rotatable bonds is 51. The minimum absolute atomic E-state index is 0.129. The van der Waals surface area contributed by atoms with E-state index in [0.717, 1.165) is 89.9 Å². The molecule has 2 unspecified atom stereocenters. The van der Waals surface area contributed by atoms with Gasteiger partial charge in [0, 0.05) is 12.8 Å². The van der Waals surface area contributed by atoms with Crippen LogP contribution in [0.1, 0.15) is 206 Å². The van der Waals surface area contributed by atoms with Crippen molar-refractivity contribution in [2.45, 2.75) is 219 Å². The maximum Gasteiger partial charge on any atom is 0.306 e. The van der Waals surface area contributed by atoms with Crippen LogP contribution in [0.3, 0.4) is 0 Å². The van der Waals surface area contributed by atoms with Crippen LogP contribution in [0, 0.1) is 0 Å². The Balaban J connectivity index is 4.39. The van der Waals surface area contributed by atoms with Crippen LogP contribution in [0.2, 0.25) is 0 Å². The van der Waals surface area contributed by atoms with Crippen LogP contribution in [0.15, 0.2) is 122 Å². The fraction of sp³-hybridized carbons (Fsp3) is 0.641. The first kappa shape index (κ1) is 68.7. The summed E-state index contributed by atoms with van der Waals surface area (Å²) < 4.78 is 22.6. The molecule has 0 aromatic heterocycles. The number of aliphatic carboxylic acids is 1. The second kappa shape index (κ2) is 54.0. The lowest BCUT2D eigenvalue weighted by atomic mass is 10.1. The molecule has 9 heteroatoms. The third-order valence-electron chi connectivity index (χ3n) is 11.7. The molecule has 414 valence electrons. The lowest BCUT2D eigenvalue weighted by molar-refractivity contribution is -0.870. The fourth-order valence-electron chi connectivity index (χ4n) is 7.30. The van der Waals surface area contributed by atoms with Crippen LogP contribution >= 0.6 is 0 Å². The van der Waals surface area contributed by atoms with Crippen LogP contribution < -0.4 is 5.11 Å². The van der Waals surface area contributed by atoms with Crippen molar-refractivity contribution in [1.29, 1.82) is 0 Å². The molecule has 0 aliphatic heterocycles. The highest BCUT2D eigenvalue weighted by Gasteiger charge is 2.21. The summed E-state index contributed by atoms with van der Waals surface area (Å²) in [7, 11) is 5.89. The average molecular weight is 1020 g/mol. The highest BCUT2D eigenvalue weighted by Crippen LogP contribution is 2.14. The third-order valence-corrected chi connectivity index (χ3v) is 11.7. The first-order valence-corrected chi connectivity index (χ1v) is 28.7. The maximum atomic E-state index is 12.8. The van der Waals surface area contributed by atoms with Gasteiger partial charge in [0.25, 0.3) is 0 Å². The molecule has 0 fully saturated rings. The van der Waals surface area contributed by atoms with Crippen LogP contribution in [0.25, 0.3) is 0 Å². The van der Waals surface area contributed by atoms with Crippen LogP contribution in [-0.4, -0.2) is 82.3 Å². The SMILES string of the molecule is CC/C=C\C/C=C\C/C=C\C/C=C\C/C=C\C/C=C\C/C=C\CCCC(=O)OC(COC(=O)CCCCCCCCCCCC/C=C\C/C=C\C/C=C\CCCCCCC)COC(OCC[N+](C)(C)C)C(=O)[O-]. The zero-order valence-electron chi connectivity index (χ0n) is 47.0. The third kappa shape index (κ3) is 55.3. The molecule has 0 amide bonds. The van der Waals surface area contributed by atoms with Crippen molar-refractivity contribution in [3.8, 4) is 0 Å². The number of quaternary nitrogens is 1. The maximum absolute atomic E-state index is 12.8. The topological polar surface area (TPSA) is 111 Å². The molecule has 0 saturated carbocycles. The van der Waals surface area contributed by atoms with E-state index in [1.165, 1.54) is 77.0 Å². The predicted molar refractivity (Wildman–Crippen MR) is 306 cm³/mol. The van der Waals surface area contributed by atoms with Gasteiger partial charge in [0.1, 0.15) is 13.2 Å². The standard InChI is InChI=1S/C64H105NO8/c1-6-8-10-12-14-16-18-20-22-24-26-28-30-31-33-34-36-38-40-42-44-46-48-50-52-54-61(66)71-58-60(59-72-64(63(68)69)70-57-56-65(3,4)5)73-62(67)55-53-51-49-47-45-43-41-39-37-35-32-29-27-25-23-21-19-17-15-13-11-9-7-2/h9,11,15,17-18,20-21,23-24,26-27,29-31,35,37,41,43,47,49,60,64H,6-8,10,12-14,16,19,22,25,28,32-34,36,38-40,42,44-46,48,50-59H2,1-5H3/b11-9-,17-15-,20-18-,23-21-,26-24-,29-27-,31-30-,37-35-,43-41-,49-47-. The second-order valence-electron chi connectivity index (χ2n) is 19.8. The Morgan fingerprint density at radius 1 is 0.425 bits per heavy atom. The summed E-state index contributed by atoms with van der Waals surface area (Å²) in [6.07, 6.45) is 72.5. The fourth-order valence-corrected chi connectivity index (χ4v) is 7.30. The number of allylic oxidation sites excluding steroid dienone is 20. The van der Waals surface area contributed by atoms with Gasteiger partial charge in [-0.2, -0.15) is 0 Å². The van der Waals surface area contributed by atoms with E-state index in [1.807, 2.05) is 27.2 Å². The van der Waals surface area contributed by atoms with Crippen molar-refractivity contribution in [3.05, 3.63) is 122 Å². The van der Waals surface area contributed by atoms with Crippen LogP contribution in [0.5, 0.6) is 0 Å². The van der Waals surface area contributed by atoms with E-state index in [1.54, 1.807) is 0 Å². The van der Waals surface area contributed by atoms with Gasteiger partial charge in [-0.3, -0.25) is 9.59 Å². The van der Waals surface area contributed by atoms with Crippen molar-refractivity contribution < 1.29 is 42.9 Å². The number of esters is 2. The lowest BCUT2D eigenvalue weighted by Gasteiger charge is -2.26. The number of carboxylic acids is 1. The molecule has 0 aromatic rings. The molecule has 0 N–H and O–H groups in total. The molecular weight excluding hydrogens is 911 g/mol. The van der Waals surface area contributed by atoms with Gasteiger partial charge in [0.2, 0.25) is 0 Å². The van der Waals surface area contributed by atoms with Crippen molar-refractivity contribution >= 4 is 17.9 Å². The monoisotopic (exact) mass is 1020 g/mol. The van der Waals surface area contributed by atoms with Crippen LogP contribution in [0.4, 0.5) is 0 Å². The molecule has 0 saturated heterocycles. The Morgan fingerprint density at radius 2 is 0.795 bits per heavy atom. The number of carbonyl (C=O) groups excluding carboxylic acids is 3. The van der Waals surface area contributed by atoms with Gasteiger partial charge in [-0.25, -0.2) is 0 Å². The molecule has 0 rings (SSSR count). The molecule has 0 radical (unpaired) electrons. The van der Waals surface area contributed by atoms with Gasteiger partial charge in [-0.05, 0) is 103 Å². The molecule has 0 aliphatic rings. The van der Waals surface area contributed by atoms with Gasteiger partial charge in [-0.15, -0.1) is 0 Å². The lowest BCUT2D eigenvalue weighted by Crippen LogP contribution is -2.44. The average Bonchev–Trinajstić information content (AvgIpc) is 3.36. The van der Waals surface area contributed by atoms with Gasteiger partial charge in [-0.1, -0.05) is 212 Å². The minimum atomic E-state index is -1.65. The second-order valence-corrected chi connectivity index (χ2v) is 19.8. The Morgan fingerprint density at radius 3 is 1.21 bits per heavy atom. The molecule has 0 aliphatic carbocycles. The largest absolute Gasteiger partial charge is 0.545 e. The van der Waals surface area contributed by atoms with E-state index in [4.69, 9.17) is 18.9 Å². The number of ether oxygens (including phenoxy) is 4. The van der Waals surface area contributed by atoms with Crippen molar-refractivity contribution in [3.63, 3.8) is 0 Å². The number of nitrogens with zero attached hydrogens (tertiary/aromatic N) is 1. The minimum Gasteiger partial charge on any atom is -0.545 e. The zero-order chi connectivity index (χ0) is 53.4. The van der Waals surface area contributed by atoms with E-state index >= 15 is 0 Å². The Kier molecular flexibility index (Phi) is 50.8. The molecule has 0 spiro atoms. The summed E-state index contributed by atoms with van der Waals surface area (Å²) in [5.74, 6) is -2.38. The van der Waals surface area contributed by atoms with Gasteiger partial charge < -0.3 is 33.3 Å². The summed E-state index contributed by atoms with van der Waals surface area (Å²) >= 11 is 0. The summed E-state index contributed by atoms with van der Waals surface area (Å²) in [5.41, 5.74) is 0. The van der Waals surface area contributed by atoms with E-state index < -0.39 is 24.3 Å². The van der Waals surface area contributed by atoms with E-state index in [9.17, 15) is 19.5 Å². The summed E-state index contributed by atoms with van der Waals surface area (Å²) in [5, 5.41) is 11.8. The molecule has 0 bridgehead atoms. The molecule has 2 atom stereocenters. The number of carbonyl (C=O) groups is 3. The number of hydrogen-bond donors (Lipinski definition) is 0. The van der Waals surface area contributed by atoms with Gasteiger partial charge >= 0.3 is 11.9 Å². The highest BCUT2D eigenvalue weighted by atomic mass is 16.7. The predicted octanol–water partition coefficient (Wildman–Crippen LogP) is 15.6. The van der Waals surface area contributed by atoms with Crippen molar-refractivity contribution in [2.24, 2.45) is 0 Å². The zero-order valence-corrected chi connectivity index (χ0v) is 47.0. The smallest absolute Gasteiger partial charge is 0.306 e. The molecule has 73 heavy (non-hydrogen) atoms. The first-order chi connectivity index (χ1) is 35.6. The van der Waals surface area contributed by atoms with Crippen molar-refractivity contribution in [2.75, 3.05) is 47.5 Å². The number of likely N-dealkylation sites (N-methyl/N-ethyl adjacent to an activating group) is 1. The number of unbranched alkanes of at least 4 members (excludes halogenated alkanes) is 16. The highest BCUT2D eigenvalue weighted by molar-refractivity contribution is 5.70. The number of hydrogen-bond acceptors (Lipinski definition) is 8. The van der Waals surface area contributed by atoms with Crippen LogP contribution in [-0.2, 0) is 33.3 Å². The number of carboxylic acid groups (broad SMARTS) is 1. The summed E-state index contributed by atoms with van der Waals surface area (Å²) in [6, 6.07) is 0. The Bertz CT molecular complexity index is 1610. The quantitative estimate of drug-likeness (QED) is 0.0195. The van der Waals surface area contributed by atoms with Crippen molar-refractivity contribution in [1.82, 2.24) is 0 Å². The first-order valence-electron chi connectivity index (χ1n) is 28.7. The summed E-state index contributed by atoms with van der Waals surface area (Å²) in [4.78, 5) is 37.3. The van der Waals surface area contributed by atoms with Gasteiger partial charge in [0.15, 0.2) is 12.4 Å². The normalized spacial score (nSPS) is 13.7. The van der Waals surface area contributed by atoms with E-state index in [-0.39, 0.29) is 38.6 Å². The Hall–Kier alpha value is -4.31. The molecule has 0 aromatic carbocycles. The molecular formula is C64H105NO8. The Labute approximate surface area is 447 Å². The van der Waals surface area contributed by atoms with E-state index in [2.05, 4.69) is 129 Å². The summed E-state index contributed by atoms with van der Waals surface area (Å²) in [6.45, 7) is 4.53. The molecule has 9 nitrogen and oxygen atoms in total. The van der Waals surface area contributed by atoms with Gasteiger partial charge in [0.05, 0.1) is 40.3 Å². The molecule has 0 heterocycles. The van der Waals surface area contributed by atoms with E-state index in [0.29, 0.717) is 23.9 Å².